The Kier molecular flexibility index (Phi) is 3.97. The Balaban J connectivity index is 1.80. The number of ether oxygens (including phenoxy) is 2. The lowest BCUT2D eigenvalue weighted by molar-refractivity contribution is -0.0976. The van der Waals surface area contributed by atoms with Crippen LogP contribution in [0.3, 0.4) is 0 Å². The van der Waals surface area contributed by atoms with Crippen LogP contribution in [-0.4, -0.2) is 30.7 Å². The SMILES string of the molecule is CC1CC(OCC(=O)c2ccco2)CC(C)O1. The van der Waals surface area contributed by atoms with Crippen LogP contribution in [0.5, 0.6) is 0 Å². The van der Waals surface area contributed by atoms with Gasteiger partial charge in [-0.1, -0.05) is 0 Å². The van der Waals surface area contributed by atoms with Crippen molar-refractivity contribution >= 4 is 5.78 Å². The quantitative estimate of drug-likeness (QED) is 0.756. The molecule has 2 atom stereocenters. The van der Waals surface area contributed by atoms with Crippen molar-refractivity contribution in [3.63, 3.8) is 0 Å². The van der Waals surface area contributed by atoms with Gasteiger partial charge in [0.25, 0.3) is 0 Å². The molecule has 17 heavy (non-hydrogen) atoms. The minimum Gasteiger partial charge on any atom is -0.461 e. The van der Waals surface area contributed by atoms with Crippen LogP contribution in [0.25, 0.3) is 0 Å². The summed E-state index contributed by atoms with van der Waals surface area (Å²) < 4.78 is 16.3. The molecule has 1 aromatic heterocycles. The van der Waals surface area contributed by atoms with Gasteiger partial charge in [0.2, 0.25) is 5.78 Å². The van der Waals surface area contributed by atoms with Crippen molar-refractivity contribution in [1.29, 1.82) is 0 Å². The van der Waals surface area contributed by atoms with Crippen LogP contribution in [-0.2, 0) is 9.47 Å². The Morgan fingerprint density at radius 1 is 1.41 bits per heavy atom. The summed E-state index contributed by atoms with van der Waals surface area (Å²) in [6, 6.07) is 3.35. The van der Waals surface area contributed by atoms with E-state index in [1.807, 2.05) is 13.8 Å². The predicted octanol–water partition coefficient (Wildman–Crippen LogP) is 2.43. The summed E-state index contributed by atoms with van der Waals surface area (Å²) >= 11 is 0. The number of ketones is 1. The highest BCUT2D eigenvalue weighted by Gasteiger charge is 2.25. The van der Waals surface area contributed by atoms with E-state index in [0.717, 1.165) is 12.8 Å². The smallest absolute Gasteiger partial charge is 0.223 e. The molecular weight excluding hydrogens is 220 g/mol. The molecular formula is C13H18O4. The molecule has 1 aliphatic heterocycles. The highest BCUT2D eigenvalue weighted by atomic mass is 16.5. The Morgan fingerprint density at radius 2 is 2.12 bits per heavy atom. The van der Waals surface area contributed by atoms with Gasteiger partial charge >= 0.3 is 0 Å². The molecule has 2 heterocycles. The third-order valence-corrected chi connectivity index (χ3v) is 2.90. The molecule has 2 rings (SSSR count). The maximum absolute atomic E-state index is 11.7. The Bertz CT molecular complexity index is 348. The van der Waals surface area contributed by atoms with Gasteiger partial charge in [0.1, 0.15) is 6.61 Å². The molecule has 0 bridgehead atoms. The Hall–Kier alpha value is -1.13. The number of carbonyl (C=O) groups is 1. The molecule has 4 nitrogen and oxygen atoms in total. The fourth-order valence-corrected chi connectivity index (χ4v) is 2.18. The van der Waals surface area contributed by atoms with Gasteiger partial charge in [0, 0.05) is 0 Å². The maximum Gasteiger partial charge on any atom is 0.223 e. The van der Waals surface area contributed by atoms with Crippen LogP contribution in [0.1, 0.15) is 37.2 Å². The molecule has 1 aromatic rings. The standard InChI is InChI=1S/C13H18O4/c1-9-6-11(7-10(2)17-9)16-8-12(14)13-4-3-5-15-13/h3-5,9-11H,6-8H2,1-2H3. The minimum absolute atomic E-state index is 0.0810. The van der Waals surface area contributed by atoms with Crippen LogP contribution in [0.2, 0.25) is 0 Å². The summed E-state index contributed by atoms with van der Waals surface area (Å²) in [6.07, 6.45) is 3.68. The highest BCUT2D eigenvalue weighted by molar-refractivity contribution is 5.94. The van der Waals surface area contributed by atoms with E-state index in [0.29, 0.717) is 5.76 Å². The van der Waals surface area contributed by atoms with Gasteiger partial charge in [-0.15, -0.1) is 0 Å². The maximum atomic E-state index is 11.7. The molecule has 1 fully saturated rings. The van der Waals surface area contributed by atoms with Crippen molar-refractivity contribution in [2.45, 2.75) is 45.0 Å². The van der Waals surface area contributed by atoms with Crippen molar-refractivity contribution in [2.24, 2.45) is 0 Å². The lowest BCUT2D eigenvalue weighted by Gasteiger charge is -2.31. The van der Waals surface area contributed by atoms with E-state index in [9.17, 15) is 4.79 Å². The molecule has 4 heteroatoms. The van der Waals surface area contributed by atoms with Gasteiger partial charge in [-0.3, -0.25) is 4.79 Å². The summed E-state index contributed by atoms with van der Waals surface area (Å²) in [4.78, 5) is 11.7. The second kappa shape index (κ2) is 5.47. The van der Waals surface area contributed by atoms with Gasteiger partial charge in [-0.05, 0) is 38.8 Å². The summed E-state index contributed by atoms with van der Waals surface area (Å²) in [6.45, 7) is 4.14. The summed E-state index contributed by atoms with van der Waals surface area (Å²) in [5.41, 5.74) is 0. The van der Waals surface area contributed by atoms with Crippen LogP contribution in [0.4, 0.5) is 0 Å². The Labute approximate surface area is 101 Å². The summed E-state index contributed by atoms with van der Waals surface area (Å²) in [5, 5.41) is 0. The number of rotatable bonds is 4. The van der Waals surface area contributed by atoms with Gasteiger partial charge in [0.05, 0.1) is 24.6 Å². The zero-order valence-electron chi connectivity index (χ0n) is 10.2. The zero-order chi connectivity index (χ0) is 12.3. The van der Waals surface area contributed by atoms with E-state index in [4.69, 9.17) is 13.9 Å². The van der Waals surface area contributed by atoms with E-state index in [1.54, 1.807) is 12.1 Å². The topological polar surface area (TPSA) is 48.7 Å². The monoisotopic (exact) mass is 238 g/mol. The normalized spacial score (nSPS) is 29.2. The van der Waals surface area contributed by atoms with Crippen molar-refractivity contribution in [1.82, 2.24) is 0 Å². The van der Waals surface area contributed by atoms with Crippen molar-refractivity contribution in [3.8, 4) is 0 Å². The largest absolute Gasteiger partial charge is 0.461 e. The number of furan rings is 1. The van der Waals surface area contributed by atoms with Crippen molar-refractivity contribution < 1.29 is 18.7 Å². The molecule has 0 N–H and O–H groups in total. The van der Waals surface area contributed by atoms with E-state index in [1.165, 1.54) is 6.26 Å². The summed E-state index contributed by atoms with van der Waals surface area (Å²) in [5.74, 6) is 0.250. The van der Waals surface area contributed by atoms with Crippen LogP contribution >= 0.6 is 0 Å². The number of Topliss-reactive ketones (excluding diaryl/α,β-unsaturated/α-hetero) is 1. The molecule has 1 aliphatic rings. The molecule has 0 radical (unpaired) electrons. The average molecular weight is 238 g/mol. The molecule has 0 aliphatic carbocycles. The number of hydrogen-bond acceptors (Lipinski definition) is 4. The van der Waals surface area contributed by atoms with Gasteiger partial charge in [-0.25, -0.2) is 0 Å². The molecule has 0 spiro atoms. The second-order valence-electron chi connectivity index (χ2n) is 4.56. The van der Waals surface area contributed by atoms with Crippen molar-refractivity contribution in [3.05, 3.63) is 24.2 Å². The lowest BCUT2D eigenvalue weighted by atomic mass is 10.0. The average Bonchev–Trinajstić information content (AvgIpc) is 2.78. The van der Waals surface area contributed by atoms with Crippen molar-refractivity contribution in [2.75, 3.05) is 6.61 Å². The number of hydrogen-bond donors (Lipinski definition) is 0. The second-order valence-corrected chi connectivity index (χ2v) is 4.56. The molecule has 0 aromatic carbocycles. The van der Waals surface area contributed by atoms with E-state index >= 15 is 0 Å². The van der Waals surface area contributed by atoms with Gasteiger partial charge in [0.15, 0.2) is 5.76 Å². The fraction of sp³-hybridized carbons (Fsp3) is 0.615. The van der Waals surface area contributed by atoms with Crippen LogP contribution in [0, 0.1) is 0 Å². The molecule has 1 saturated heterocycles. The fourth-order valence-electron chi connectivity index (χ4n) is 2.18. The third kappa shape index (κ3) is 3.41. The molecule has 94 valence electrons. The lowest BCUT2D eigenvalue weighted by Crippen LogP contribution is -2.35. The minimum atomic E-state index is -0.109. The third-order valence-electron chi connectivity index (χ3n) is 2.90. The zero-order valence-corrected chi connectivity index (χ0v) is 10.2. The van der Waals surface area contributed by atoms with Crippen LogP contribution < -0.4 is 0 Å². The summed E-state index contributed by atoms with van der Waals surface area (Å²) in [7, 11) is 0. The van der Waals surface area contributed by atoms with Crippen LogP contribution in [0.15, 0.2) is 22.8 Å². The van der Waals surface area contributed by atoms with E-state index < -0.39 is 0 Å². The highest BCUT2D eigenvalue weighted by Crippen LogP contribution is 2.21. The van der Waals surface area contributed by atoms with E-state index in [-0.39, 0.29) is 30.7 Å². The number of carbonyl (C=O) groups excluding carboxylic acids is 1. The van der Waals surface area contributed by atoms with Gasteiger partial charge < -0.3 is 13.9 Å². The molecule has 0 amide bonds. The van der Waals surface area contributed by atoms with Gasteiger partial charge in [-0.2, -0.15) is 0 Å². The first-order valence-corrected chi connectivity index (χ1v) is 5.99. The van der Waals surface area contributed by atoms with E-state index in [2.05, 4.69) is 0 Å². The first-order valence-electron chi connectivity index (χ1n) is 5.99. The predicted molar refractivity (Wildman–Crippen MR) is 62.0 cm³/mol. The first kappa shape index (κ1) is 12.3. The first-order chi connectivity index (χ1) is 8.15. The molecule has 0 saturated carbocycles. The Morgan fingerprint density at radius 3 is 2.71 bits per heavy atom. The molecule has 2 unspecified atom stereocenters.